The molecule has 2 N–H and O–H groups in total. The SMILES string of the molecule is Cc1cccc(C(C)C)c1NC(=O)COc1ccc(S(=O)(=O)Nc2ccccc2)cc1. The molecule has 162 valence electrons. The smallest absolute Gasteiger partial charge is 0.262 e. The maximum Gasteiger partial charge on any atom is 0.262 e. The van der Waals surface area contributed by atoms with Gasteiger partial charge in [-0.25, -0.2) is 8.42 Å². The summed E-state index contributed by atoms with van der Waals surface area (Å²) in [4.78, 5) is 12.5. The Balaban J connectivity index is 1.61. The molecule has 6 nitrogen and oxygen atoms in total. The minimum atomic E-state index is -3.70. The maximum atomic E-state index is 12.5. The average molecular weight is 439 g/mol. The van der Waals surface area contributed by atoms with Gasteiger partial charge in [-0.3, -0.25) is 9.52 Å². The highest BCUT2D eigenvalue weighted by atomic mass is 32.2. The molecule has 0 aliphatic heterocycles. The summed E-state index contributed by atoms with van der Waals surface area (Å²) in [6, 6.07) is 20.5. The van der Waals surface area contributed by atoms with Gasteiger partial charge in [0.2, 0.25) is 0 Å². The largest absolute Gasteiger partial charge is 0.484 e. The lowest BCUT2D eigenvalue weighted by atomic mass is 9.98. The van der Waals surface area contributed by atoms with E-state index in [1.165, 1.54) is 24.3 Å². The molecule has 0 fully saturated rings. The molecule has 0 saturated heterocycles. The lowest BCUT2D eigenvalue weighted by Gasteiger charge is -2.16. The molecule has 0 heterocycles. The second kappa shape index (κ2) is 9.66. The van der Waals surface area contributed by atoms with Gasteiger partial charge in [0, 0.05) is 11.4 Å². The van der Waals surface area contributed by atoms with Crippen molar-refractivity contribution >= 4 is 27.3 Å². The number of anilines is 2. The molecule has 0 aliphatic rings. The molecule has 0 spiro atoms. The summed E-state index contributed by atoms with van der Waals surface area (Å²) >= 11 is 0. The summed E-state index contributed by atoms with van der Waals surface area (Å²) in [5.41, 5.74) is 3.34. The number of para-hydroxylation sites is 2. The lowest BCUT2D eigenvalue weighted by Crippen LogP contribution is -2.21. The van der Waals surface area contributed by atoms with Crippen LogP contribution in [0.4, 0.5) is 11.4 Å². The van der Waals surface area contributed by atoms with E-state index in [2.05, 4.69) is 23.9 Å². The lowest BCUT2D eigenvalue weighted by molar-refractivity contribution is -0.118. The van der Waals surface area contributed by atoms with Gasteiger partial charge in [-0.1, -0.05) is 50.2 Å². The molecule has 3 rings (SSSR count). The zero-order valence-electron chi connectivity index (χ0n) is 17.8. The molecule has 0 aliphatic carbocycles. The van der Waals surface area contributed by atoms with E-state index >= 15 is 0 Å². The van der Waals surface area contributed by atoms with Crippen LogP contribution < -0.4 is 14.8 Å². The molecule has 0 radical (unpaired) electrons. The molecular weight excluding hydrogens is 412 g/mol. The fourth-order valence-corrected chi connectivity index (χ4v) is 4.16. The zero-order valence-corrected chi connectivity index (χ0v) is 18.6. The molecule has 0 aromatic heterocycles. The fourth-order valence-electron chi connectivity index (χ4n) is 3.10. The fraction of sp³-hybridized carbons (Fsp3) is 0.208. The first-order chi connectivity index (χ1) is 14.8. The van der Waals surface area contributed by atoms with Crippen LogP contribution in [0.1, 0.15) is 30.9 Å². The number of amides is 1. The van der Waals surface area contributed by atoms with Gasteiger partial charge in [-0.2, -0.15) is 0 Å². The van der Waals surface area contributed by atoms with E-state index in [-0.39, 0.29) is 23.3 Å². The third-order valence-electron chi connectivity index (χ3n) is 4.72. The van der Waals surface area contributed by atoms with Crippen LogP contribution in [0.25, 0.3) is 0 Å². The first-order valence-electron chi connectivity index (χ1n) is 9.96. The quantitative estimate of drug-likeness (QED) is 0.522. The number of carbonyl (C=O) groups is 1. The minimum Gasteiger partial charge on any atom is -0.484 e. The molecule has 0 atom stereocenters. The maximum absolute atomic E-state index is 12.5. The normalized spacial score (nSPS) is 11.2. The second-order valence-electron chi connectivity index (χ2n) is 7.47. The number of sulfonamides is 1. The highest BCUT2D eigenvalue weighted by Crippen LogP contribution is 2.27. The van der Waals surface area contributed by atoms with E-state index < -0.39 is 10.0 Å². The van der Waals surface area contributed by atoms with Crippen LogP contribution in [-0.2, 0) is 14.8 Å². The Morgan fingerprint density at radius 3 is 2.26 bits per heavy atom. The highest BCUT2D eigenvalue weighted by Gasteiger charge is 2.15. The standard InChI is InChI=1S/C24H26N2O4S/c1-17(2)22-11-7-8-18(3)24(22)25-23(27)16-30-20-12-14-21(15-13-20)31(28,29)26-19-9-5-4-6-10-19/h4-15,17,26H,16H2,1-3H3,(H,25,27). The predicted molar refractivity (Wildman–Crippen MR) is 123 cm³/mol. The zero-order chi connectivity index (χ0) is 22.4. The molecule has 7 heteroatoms. The van der Waals surface area contributed by atoms with Gasteiger partial charge in [0.05, 0.1) is 4.90 Å². The average Bonchev–Trinajstić information content (AvgIpc) is 2.74. The van der Waals surface area contributed by atoms with Crippen molar-refractivity contribution in [3.8, 4) is 5.75 Å². The summed E-state index contributed by atoms with van der Waals surface area (Å²) in [6.45, 7) is 5.91. The van der Waals surface area contributed by atoms with Crippen molar-refractivity contribution in [2.75, 3.05) is 16.6 Å². The second-order valence-corrected chi connectivity index (χ2v) is 9.16. The van der Waals surface area contributed by atoms with Gasteiger partial charge in [-0.15, -0.1) is 0 Å². The number of hydrogen-bond donors (Lipinski definition) is 2. The van der Waals surface area contributed by atoms with Crippen LogP contribution >= 0.6 is 0 Å². The Morgan fingerprint density at radius 2 is 1.61 bits per heavy atom. The van der Waals surface area contributed by atoms with Crippen LogP contribution in [0.3, 0.4) is 0 Å². The predicted octanol–water partition coefficient (Wildman–Crippen LogP) is 4.94. The Labute approximate surface area is 183 Å². The molecule has 0 unspecified atom stereocenters. The van der Waals surface area contributed by atoms with Gasteiger partial charge >= 0.3 is 0 Å². The van der Waals surface area contributed by atoms with Gasteiger partial charge in [0.15, 0.2) is 6.61 Å². The van der Waals surface area contributed by atoms with Gasteiger partial charge < -0.3 is 10.1 Å². The van der Waals surface area contributed by atoms with Crippen molar-refractivity contribution in [3.05, 3.63) is 83.9 Å². The summed E-state index contributed by atoms with van der Waals surface area (Å²) in [5, 5.41) is 2.92. The number of carbonyl (C=O) groups excluding carboxylic acids is 1. The number of benzene rings is 3. The van der Waals surface area contributed by atoms with Crippen LogP contribution in [0.2, 0.25) is 0 Å². The molecule has 31 heavy (non-hydrogen) atoms. The van der Waals surface area contributed by atoms with Crippen LogP contribution in [-0.4, -0.2) is 20.9 Å². The van der Waals surface area contributed by atoms with Crippen molar-refractivity contribution in [2.45, 2.75) is 31.6 Å². The van der Waals surface area contributed by atoms with Gasteiger partial charge in [-0.05, 0) is 60.4 Å². The summed E-state index contributed by atoms with van der Waals surface area (Å²) in [5.74, 6) is 0.399. The van der Waals surface area contributed by atoms with E-state index in [0.29, 0.717) is 11.4 Å². The topological polar surface area (TPSA) is 84.5 Å². The van der Waals surface area contributed by atoms with E-state index in [0.717, 1.165) is 16.8 Å². The van der Waals surface area contributed by atoms with Gasteiger partial charge in [0.1, 0.15) is 5.75 Å². The summed E-state index contributed by atoms with van der Waals surface area (Å²) < 4.78 is 33.0. The van der Waals surface area contributed by atoms with Crippen LogP contribution in [0.15, 0.2) is 77.7 Å². The first kappa shape index (κ1) is 22.4. The van der Waals surface area contributed by atoms with Crippen LogP contribution in [0.5, 0.6) is 5.75 Å². The third kappa shape index (κ3) is 5.86. The Morgan fingerprint density at radius 1 is 0.935 bits per heavy atom. The van der Waals surface area contributed by atoms with Gasteiger partial charge in [0.25, 0.3) is 15.9 Å². The Hall–Kier alpha value is -3.32. The van der Waals surface area contributed by atoms with E-state index in [1.807, 2.05) is 31.2 Å². The number of nitrogens with one attached hydrogen (secondary N) is 2. The van der Waals surface area contributed by atoms with Crippen molar-refractivity contribution in [1.82, 2.24) is 0 Å². The van der Waals surface area contributed by atoms with Crippen molar-refractivity contribution < 1.29 is 17.9 Å². The Bertz CT molecular complexity index is 1140. The number of hydrogen-bond acceptors (Lipinski definition) is 4. The van der Waals surface area contributed by atoms with Crippen molar-refractivity contribution in [3.63, 3.8) is 0 Å². The molecule has 0 bridgehead atoms. The molecular formula is C24H26N2O4S. The van der Waals surface area contributed by atoms with E-state index in [1.54, 1.807) is 24.3 Å². The Kier molecular flexibility index (Phi) is 6.97. The first-order valence-corrected chi connectivity index (χ1v) is 11.4. The molecule has 1 amide bonds. The van der Waals surface area contributed by atoms with Crippen molar-refractivity contribution in [2.24, 2.45) is 0 Å². The monoisotopic (exact) mass is 438 g/mol. The number of ether oxygens (including phenoxy) is 1. The molecule has 0 saturated carbocycles. The van der Waals surface area contributed by atoms with Crippen molar-refractivity contribution in [1.29, 1.82) is 0 Å². The third-order valence-corrected chi connectivity index (χ3v) is 6.12. The van der Waals surface area contributed by atoms with Crippen LogP contribution in [0, 0.1) is 6.92 Å². The number of rotatable bonds is 8. The van der Waals surface area contributed by atoms with E-state index in [4.69, 9.17) is 4.74 Å². The van der Waals surface area contributed by atoms with E-state index in [9.17, 15) is 13.2 Å². The number of aryl methyl sites for hydroxylation is 1. The summed E-state index contributed by atoms with van der Waals surface area (Å²) in [6.07, 6.45) is 0. The molecule has 3 aromatic carbocycles. The summed E-state index contributed by atoms with van der Waals surface area (Å²) in [7, 11) is -3.70. The minimum absolute atomic E-state index is 0.106. The molecule has 3 aromatic rings. The highest BCUT2D eigenvalue weighted by molar-refractivity contribution is 7.92.